The number of hydrogen-bond donors (Lipinski definition) is 1. The molecule has 0 spiro atoms. The average Bonchev–Trinajstić information content (AvgIpc) is 2.36. The van der Waals surface area contributed by atoms with Crippen molar-refractivity contribution in [2.24, 2.45) is 0 Å². The number of sulfonamides is 1. The molecule has 0 fully saturated rings. The molecule has 0 aromatic heterocycles. The molecule has 98 valence electrons. The van der Waals surface area contributed by atoms with Crippen molar-refractivity contribution in [3.63, 3.8) is 0 Å². The standard InChI is InChI=1S/C12H17N3O2S/c1-4-9(2)15(3)18(16,17)12-6-5-10(8-13)7-11(12)14/h5-7,9H,4,14H2,1-3H3. The van der Waals surface area contributed by atoms with Gasteiger partial charge in [-0.05, 0) is 31.5 Å². The van der Waals surface area contributed by atoms with Crippen LogP contribution >= 0.6 is 0 Å². The Bertz CT molecular complexity index is 575. The van der Waals surface area contributed by atoms with E-state index in [0.717, 1.165) is 0 Å². The molecule has 1 aromatic carbocycles. The molecule has 0 heterocycles. The molecule has 1 atom stereocenters. The van der Waals surface area contributed by atoms with Gasteiger partial charge in [-0.25, -0.2) is 8.42 Å². The molecule has 0 bridgehead atoms. The minimum Gasteiger partial charge on any atom is -0.398 e. The molecular formula is C12H17N3O2S. The fourth-order valence-corrected chi connectivity index (χ4v) is 3.03. The number of anilines is 1. The van der Waals surface area contributed by atoms with Gasteiger partial charge in [0.15, 0.2) is 0 Å². The maximum Gasteiger partial charge on any atom is 0.245 e. The molecule has 0 aliphatic heterocycles. The zero-order valence-electron chi connectivity index (χ0n) is 10.7. The predicted octanol–water partition coefficient (Wildman–Crippen LogP) is 1.56. The smallest absolute Gasteiger partial charge is 0.245 e. The van der Waals surface area contributed by atoms with Crippen molar-refractivity contribution in [3.8, 4) is 6.07 Å². The van der Waals surface area contributed by atoms with Crippen molar-refractivity contribution in [1.29, 1.82) is 5.26 Å². The minimum absolute atomic E-state index is 0.0456. The Morgan fingerprint density at radius 2 is 2.11 bits per heavy atom. The molecule has 0 radical (unpaired) electrons. The van der Waals surface area contributed by atoms with Crippen molar-refractivity contribution in [1.82, 2.24) is 4.31 Å². The Morgan fingerprint density at radius 1 is 1.50 bits per heavy atom. The van der Waals surface area contributed by atoms with Gasteiger partial charge in [0, 0.05) is 13.1 Å². The summed E-state index contributed by atoms with van der Waals surface area (Å²) in [5.41, 5.74) is 6.15. The maximum atomic E-state index is 12.3. The minimum atomic E-state index is -3.61. The largest absolute Gasteiger partial charge is 0.398 e. The number of benzene rings is 1. The third-order valence-electron chi connectivity index (χ3n) is 3.01. The van der Waals surface area contributed by atoms with Gasteiger partial charge in [0.25, 0.3) is 0 Å². The summed E-state index contributed by atoms with van der Waals surface area (Å²) in [6.07, 6.45) is 0.714. The molecule has 1 unspecified atom stereocenters. The van der Waals surface area contributed by atoms with Gasteiger partial charge in [0.1, 0.15) is 4.90 Å². The zero-order valence-corrected chi connectivity index (χ0v) is 11.5. The number of nitriles is 1. The van der Waals surface area contributed by atoms with Crippen molar-refractivity contribution < 1.29 is 8.42 Å². The number of hydrogen-bond acceptors (Lipinski definition) is 4. The Labute approximate surface area is 108 Å². The molecule has 6 heteroatoms. The first-order chi connectivity index (χ1) is 8.34. The summed E-state index contributed by atoms with van der Waals surface area (Å²) in [6, 6.07) is 6.02. The lowest BCUT2D eigenvalue weighted by molar-refractivity contribution is 0.381. The van der Waals surface area contributed by atoms with Gasteiger partial charge in [-0.1, -0.05) is 6.92 Å². The fourth-order valence-electron chi connectivity index (χ4n) is 1.50. The van der Waals surface area contributed by atoms with Gasteiger partial charge in [-0.3, -0.25) is 0 Å². The number of nitrogens with two attached hydrogens (primary N) is 1. The van der Waals surface area contributed by atoms with Gasteiger partial charge in [-0.2, -0.15) is 9.57 Å². The summed E-state index contributed by atoms with van der Waals surface area (Å²) < 4.78 is 25.9. The number of nitrogens with zero attached hydrogens (tertiary/aromatic N) is 2. The van der Waals surface area contributed by atoms with Gasteiger partial charge in [0.2, 0.25) is 10.0 Å². The van der Waals surface area contributed by atoms with E-state index in [0.29, 0.717) is 12.0 Å². The first-order valence-electron chi connectivity index (χ1n) is 5.62. The highest BCUT2D eigenvalue weighted by molar-refractivity contribution is 7.89. The second kappa shape index (κ2) is 5.38. The molecule has 0 amide bonds. The Hall–Kier alpha value is -1.58. The summed E-state index contributed by atoms with van der Waals surface area (Å²) in [6.45, 7) is 3.75. The van der Waals surface area contributed by atoms with E-state index in [-0.39, 0.29) is 16.6 Å². The van der Waals surface area contributed by atoms with Crippen LogP contribution in [0.5, 0.6) is 0 Å². The summed E-state index contributed by atoms with van der Waals surface area (Å²) >= 11 is 0. The highest BCUT2D eigenvalue weighted by atomic mass is 32.2. The van der Waals surface area contributed by atoms with Crippen LogP contribution in [-0.4, -0.2) is 25.8 Å². The molecule has 0 aliphatic carbocycles. The van der Waals surface area contributed by atoms with Gasteiger partial charge < -0.3 is 5.73 Å². The lowest BCUT2D eigenvalue weighted by atomic mass is 10.2. The van der Waals surface area contributed by atoms with E-state index < -0.39 is 10.0 Å². The van der Waals surface area contributed by atoms with Crippen LogP contribution in [0.4, 0.5) is 5.69 Å². The lowest BCUT2D eigenvalue weighted by Crippen LogP contribution is -2.35. The van der Waals surface area contributed by atoms with Crippen molar-refractivity contribution in [2.75, 3.05) is 12.8 Å². The molecule has 0 aliphatic rings. The van der Waals surface area contributed by atoms with E-state index in [1.807, 2.05) is 19.9 Å². The normalized spacial score (nSPS) is 13.3. The van der Waals surface area contributed by atoms with Crippen LogP contribution in [0.25, 0.3) is 0 Å². The van der Waals surface area contributed by atoms with Gasteiger partial charge in [0.05, 0.1) is 17.3 Å². The molecule has 1 rings (SSSR count). The van der Waals surface area contributed by atoms with Crippen LogP contribution in [0.3, 0.4) is 0 Å². The van der Waals surface area contributed by atoms with Gasteiger partial charge in [-0.15, -0.1) is 0 Å². The average molecular weight is 267 g/mol. The molecule has 2 N–H and O–H groups in total. The molecular weight excluding hydrogens is 250 g/mol. The molecule has 18 heavy (non-hydrogen) atoms. The molecule has 5 nitrogen and oxygen atoms in total. The van der Waals surface area contributed by atoms with E-state index in [4.69, 9.17) is 11.0 Å². The Kier molecular flexibility index (Phi) is 4.33. The number of nitrogen functional groups attached to an aromatic ring is 1. The van der Waals surface area contributed by atoms with Crippen molar-refractivity contribution in [2.45, 2.75) is 31.2 Å². The molecule has 0 saturated carbocycles. The second-order valence-electron chi connectivity index (χ2n) is 4.14. The van der Waals surface area contributed by atoms with Gasteiger partial charge >= 0.3 is 0 Å². The lowest BCUT2D eigenvalue weighted by Gasteiger charge is -2.23. The fraction of sp³-hybridized carbons (Fsp3) is 0.417. The topological polar surface area (TPSA) is 87.2 Å². The van der Waals surface area contributed by atoms with Crippen LogP contribution in [0, 0.1) is 11.3 Å². The number of rotatable bonds is 4. The monoisotopic (exact) mass is 267 g/mol. The third-order valence-corrected chi connectivity index (χ3v) is 5.05. The summed E-state index contributed by atoms with van der Waals surface area (Å²) in [5, 5.41) is 8.73. The van der Waals surface area contributed by atoms with Crippen LogP contribution in [-0.2, 0) is 10.0 Å². The summed E-state index contributed by atoms with van der Waals surface area (Å²) in [5.74, 6) is 0. The Morgan fingerprint density at radius 3 is 2.56 bits per heavy atom. The van der Waals surface area contributed by atoms with E-state index in [1.165, 1.54) is 29.6 Å². The predicted molar refractivity (Wildman–Crippen MR) is 70.3 cm³/mol. The van der Waals surface area contributed by atoms with E-state index in [1.54, 1.807) is 0 Å². The van der Waals surface area contributed by atoms with Crippen LogP contribution < -0.4 is 5.73 Å². The second-order valence-corrected chi connectivity index (χ2v) is 6.11. The van der Waals surface area contributed by atoms with Crippen molar-refractivity contribution in [3.05, 3.63) is 23.8 Å². The molecule has 0 saturated heterocycles. The van der Waals surface area contributed by atoms with Crippen LogP contribution in [0.1, 0.15) is 25.8 Å². The van der Waals surface area contributed by atoms with E-state index in [9.17, 15) is 8.42 Å². The Balaban J connectivity index is 3.26. The maximum absolute atomic E-state index is 12.3. The summed E-state index contributed by atoms with van der Waals surface area (Å²) in [4.78, 5) is 0.0456. The highest BCUT2D eigenvalue weighted by Gasteiger charge is 2.26. The van der Waals surface area contributed by atoms with Crippen LogP contribution in [0.2, 0.25) is 0 Å². The first-order valence-corrected chi connectivity index (χ1v) is 7.06. The third kappa shape index (κ3) is 2.63. The van der Waals surface area contributed by atoms with Crippen LogP contribution in [0.15, 0.2) is 23.1 Å². The zero-order chi connectivity index (χ0) is 13.9. The van der Waals surface area contributed by atoms with Crippen molar-refractivity contribution >= 4 is 15.7 Å². The first kappa shape index (κ1) is 14.5. The summed E-state index contributed by atoms with van der Waals surface area (Å²) in [7, 11) is -2.08. The molecule has 1 aromatic rings. The van der Waals surface area contributed by atoms with E-state index in [2.05, 4.69) is 0 Å². The quantitative estimate of drug-likeness (QED) is 0.839. The SMILES string of the molecule is CCC(C)N(C)S(=O)(=O)c1ccc(C#N)cc1N. The van der Waals surface area contributed by atoms with E-state index >= 15 is 0 Å². The highest BCUT2D eigenvalue weighted by Crippen LogP contribution is 2.24.